The fourth-order valence-electron chi connectivity index (χ4n) is 1.58. The molecule has 0 aliphatic carbocycles. The molecule has 2 aliphatic rings. The lowest BCUT2D eigenvalue weighted by Crippen LogP contribution is -2.51. The summed E-state index contributed by atoms with van der Waals surface area (Å²) in [6, 6.07) is 0. The lowest BCUT2D eigenvalue weighted by atomic mass is 9.91. The minimum atomic E-state index is -0.805. The number of halogens is 1. The molecule has 0 amide bonds. The molecule has 2 rings (SSSR count). The van der Waals surface area contributed by atoms with Gasteiger partial charge in [-0.2, -0.15) is 0 Å². The molecule has 2 aliphatic heterocycles. The summed E-state index contributed by atoms with van der Waals surface area (Å²) in [5.41, 5.74) is -0.359. The normalized spacial score (nSPS) is 38.5. The van der Waals surface area contributed by atoms with E-state index in [1.165, 1.54) is 6.17 Å². The van der Waals surface area contributed by atoms with Gasteiger partial charge in [0.25, 0.3) is 0 Å². The third-order valence-electron chi connectivity index (χ3n) is 2.47. The van der Waals surface area contributed by atoms with Gasteiger partial charge >= 0.3 is 0 Å². The first-order chi connectivity index (χ1) is 7.78. The van der Waals surface area contributed by atoms with Crippen LogP contribution in [0.1, 0.15) is 0 Å². The van der Waals surface area contributed by atoms with Gasteiger partial charge in [0.2, 0.25) is 12.6 Å². The van der Waals surface area contributed by atoms with Gasteiger partial charge in [0.15, 0.2) is 0 Å². The summed E-state index contributed by atoms with van der Waals surface area (Å²) in [4.78, 5) is 0. The average molecular weight is 226 g/mol. The third-order valence-corrected chi connectivity index (χ3v) is 2.47. The van der Waals surface area contributed by atoms with E-state index >= 15 is 0 Å². The Bertz CT molecular complexity index is 333. The fourth-order valence-corrected chi connectivity index (χ4v) is 1.58. The summed E-state index contributed by atoms with van der Waals surface area (Å²) in [5, 5.41) is 0. The van der Waals surface area contributed by atoms with Gasteiger partial charge in [-0.1, -0.05) is 0 Å². The Morgan fingerprint density at radius 1 is 1.00 bits per heavy atom. The highest BCUT2D eigenvalue weighted by atomic mass is 19.1. The number of rotatable bonds is 0. The van der Waals surface area contributed by atoms with Crippen LogP contribution >= 0.6 is 0 Å². The maximum Gasteiger partial charge on any atom is 0.225 e. The second-order valence-electron chi connectivity index (χ2n) is 3.81. The Kier molecular flexibility index (Phi) is 3.42. The van der Waals surface area contributed by atoms with E-state index < -0.39 is 12.6 Å². The minimum Gasteiger partial charge on any atom is -0.341 e. The highest BCUT2D eigenvalue weighted by molar-refractivity contribution is 4.99. The van der Waals surface area contributed by atoms with Crippen molar-refractivity contribution in [3.8, 4) is 24.4 Å². The summed E-state index contributed by atoms with van der Waals surface area (Å²) in [5.74, 6) is 4.51. The first kappa shape index (κ1) is 11.4. The van der Waals surface area contributed by atoms with Crippen LogP contribution in [0, 0.1) is 29.9 Å². The van der Waals surface area contributed by atoms with Gasteiger partial charge in [-0.15, -0.1) is 10.8 Å². The van der Waals surface area contributed by atoms with Crippen molar-refractivity contribution in [2.45, 2.75) is 12.6 Å². The van der Waals surface area contributed by atoms with E-state index in [9.17, 15) is 4.39 Å². The van der Waals surface area contributed by atoms with Gasteiger partial charge in [-0.3, -0.25) is 0 Å². The average Bonchev–Trinajstić information content (AvgIpc) is 2.34. The Morgan fingerprint density at radius 3 is 1.94 bits per heavy atom. The molecule has 0 saturated carbocycles. The lowest BCUT2D eigenvalue weighted by Gasteiger charge is -2.41. The van der Waals surface area contributed by atoms with E-state index in [-0.39, 0.29) is 5.41 Å². The van der Waals surface area contributed by atoms with Crippen LogP contribution in [0.25, 0.3) is 0 Å². The van der Waals surface area contributed by atoms with Crippen molar-refractivity contribution in [2.75, 3.05) is 26.4 Å². The predicted molar refractivity (Wildman–Crippen MR) is 51.5 cm³/mol. The second-order valence-corrected chi connectivity index (χ2v) is 3.81. The fraction of sp³-hybridized carbons (Fsp3) is 0.636. The van der Waals surface area contributed by atoms with E-state index in [2.05, 4.69) is 11.8 Å². The molecule has 86 valence electrons. The molecule has 5 heteroatoms. The van der Waals surface area contributed by atoms with Crippen LogP contribution in [0.2, 0.25) is 0 Å². The molecule has 1 spiro atoms. The number of ether oxygens (including phenoxy) is 4. The summed E-state index contributed by atoms with van der Waals surface area (Å²) < 4.78 is 32.8. The molecule has 0 atom stereocenters. The SMILES string of the molecule is C#CC1OCC2(CO1)COC(C#CF)OC2. The highest BCUT2D eigenvalue weighted by Gasteiger charge is 2.41. The van der Waals surface area contributed by atoms with Gasteiger partial charge in [-0.05, 0) is 11.8 Å². The zero-order valence-corrected chi connectivity index (χ0v) is 8.57. The van der Waals surface area contributed by atoms with Crippen LogP contribution in [0.5, 0.6) is 0 Å². The van der Waals surface area contributed by atoms with Crippen molar-refractivity contribution in [1.29, 1.82) is 0 Å². The standard InChI is InChI=1S/C11H11FO4/c1-2-9-13-5-11(6-14-9)7-15-10(3-4-12)16-8-11/h1,9-10H,5-8H2. The van der Waals surface area contributed by atoms with Gasteiger partial charge in [0.05, 0.1) is 31.8 Å². The monoisotopic (exact) mass is 226 g/mol. The van der Waals surface area contributed by atoms with Crippen LogP contribution in [0.15, 0.2) is 0 Å². The Hall–Kier alpha value is -1.11. The Morgan fingerprint density at radius 2 is 1.50 bits per heavy atom. The van der Waals surface area contributed by atoms with Crippen molar-refractivity contribution in [3.63, 3.8) is 0 Å². The molecule has 0 aromatic heterocycles. The molecule has 2 saturated heterocycles. The molecule has 0 N–H and O–H groups in total. The molecule has 0 aromatic rings. The molecule has 0 radical (unpaired) electrons. The number of hydrogen-bond donors (Lipinski definition) is 0. The van der Waals surface area contributed by atoms with Crippen molar-refractivity contribution in [1.82, 2.24) is 0 Å². The molecule has 0 unspecified atom stereocenters. The zero-order valence-electron chi connectivity index (χ0n) is 8.57. The van der Waals surface area contributed by atoms with Crippen molar-refractivity contribution < 1.29 is 23.3 Å². The lowest BCUT2D eigenvalue weighted by molar-refractivity contribution is -0.279. The van der Waals surface area contributed by atoms with Gasteiger partial charge in [0, 0.05) is 0 Å². The summed E-state index contributed by atoms with van der Waals surface area (Å²) >= 11 is 0. The van der Waals surface area contributed by atoms with E-state index in [1.807, 2.05) is 0 Å². The Balaban J connectivity index is 1.88. The number of terminal acetylenes is 1. The zero-order chi connectivity index (χ0) is 11.4. The van der Waals surface area contributed by atoms with Crippen LogP contribution in [0.3, 0.4) is 0 Å². The highest BCUT2D eigenvalue weighted by Crippen LogP contribution is 2.29. The van der Waals surface area contributed by atoms with Crippen LogP contribution in [0.4, 0.5) is 4.39 Å². The first-order valence-electron chi connectivity index (χ1n) is 4.82. The van der Waals surface area contributed by atoms with E-state index in [1.54, 1.807) is 0 Å². The maximum absolute atomic E-state index is 11.7. The van der Waals surface area contributed by atoms with Crippen molar-refractivity contribution >= 4 is 0 Å². The summed E-state index contributed by atoms with van der Waals surface area (Å²) in [7, 11) is 0. The van der Waals surface area contributed by atoms with Gasteiger partial charge < -0.3 is 18.9 Å². The molecular formula is C11H11FO4. The van der Waals surface area contributed by atoms with Crippen molar-refractivity contribution in [3.05, 3.63) is 0 Å². The van der Waals surface area contributed by atoms with Crippen molar-refractivity contribution in [2.24, 2.45) is 5.41 Å². The van der Waals surface area contributed by atoms with Crippen LogP contribution in [-0.4, -0.2) is 39.0 Å². The minimum absolute atomic E-state index is 0.351. The van der Waals surface area contributed by atoms with Gasteiger partial charge in [-0.25, -0.2) is 0 Å². The molecule has 2 heterocycles. The number of hydrogen-bond acceptors (Lipinski definition) is 4. The molecular weight excluding hydrogens is 215 g/mol. The quantitative estimate of drug-likeness (QED) is 0.556. The summed E-state index contributed by atoms with van der Waals surface area (Å²) in [6.07, 6.45) is 5.01. The smallest absolute Gasteiger partial charge is 0.225 e. The maximum atomic E-state index is 11.7. The van der Waals surface area contributed by atoms with Gasteiger partial charge in [0.1, 0.15) is 6.17 Å². The Labute approximate surface area is 93.0 Å². The molecule has 0 bridgehead atoms. The second kappa shape index (κ2) is 4.82. The largest absolute Gasteiger partial charge is 0.341 e. The summed E-state index contributed by atoms with van der Waals surface area (Å²) in [6.45, 7) is 1.50. The van der Waals surface area contributed by atoms with E-state index in [0.29, 0.717) is 26.4 Å². The molecule has 4 nitrogen and oxygen atoms in total. The predicted octanol–water partition coefficient (Wildman–Crippen LogP) is 0.282. The molecule has 2 fully saturated rings. The van der Waals surface area contributed by atoms with Crippen LogP contribution in [-0.2, 0) is 18.9 Å². The molecule has 0 aromatic carbocycles. The van der Waals surface area contributed by atoms with E-state index in [0.717, 1.165) is 0 Å². The van der Waals surface area contributed by atoms with E-state index in [4.69, 9.17) is 25.4 Å². The first-order valence-corrected chi connectivity index (χ1v) is 4.82. The van der Waals surface area contributed by atoms with Crippen LogP contribution < -0.4 is 0 Å². The topological polar surface area (TPSA) is 36.9 Å². The third kappa shape index (κ3) is 2.34. The molecule has 16 heavy (non-hydrogen) atoms.